The van der Waals surface area contributed by atoms with Crippen LogP contribution in [-0.2, 0) is 16.1 Å². The summed E-state index contributed by atoms with van der Waals surface area (Å²) in [5.41, 5.74) is 1.28. The largest absolute Gasteiger partial charge is 0.479 e. The Morgan fingerprint density at radius 2 is 1.84 bits per heavy atom. The van der Waals surface area contributed by atoms with Crippen LogP contribution in [0.4, 0.5) is 4.79 Å². The van der Waals surface area contributed by atoms with Gasteiger partial charge in [0.05, 0.1) is 6.10 Å². The second kappa shape index (κ2) is 8.31. The summed E-state index contributed by atoms with van der Waals surface area (Å²) in [6.45, 7) is 4.37. The van der Waals surface area contributed by atoms with E-state index in [-0.39, 0.29) is 12.1 Å². The third kappa shape index (κ3) is 4.93. The van der Waals surface area contributed by atoms with Crippen molar-refractivity contribution in [2.75, 3.05) is 32.7 Å². The number of benzene rings is 1. The lowest BCUT2D eigenvalue weighted by molar-refractivity contribution is -0.149. The highest BCUT2D eigenvalue weighted by Gasteiger charge is 2.31. The summed E-state index contributed by atoms with van der Waals surface area (Å²) in [5.74, 6) is -0.927. The van der Waals surface area contributed by atoms with Gasteiger partial charge in [0.15, 0.2) is 6.10 Å². The third-order valence-electron chi connectivity index (χ3n) is 4.77. The van der Waals surface area contributed by atoms with Crippen molar-refractivity contribution in [2.45, 2.75) is 31.6 Å². The molecule has 2 unspecified atom stereocenters. The second-order valence-electron chi connectivity index (χ2n) is 6.60. The average molecular weight is 347 g/mol. The molecule has 2 atom stereocenters. The number of hydrogen-bond acceptors (Lipinski definition) is 4. The molecule has 136 valence electrons. The van der Waals surface area contributed by atoms with E-state index in [2.05, 4.69) is 22.3 Å². The number of hydrogen-bond donors (Lipinski definition) is 2. The molecule has 0 aliphatic carbocycles. The van der Waals surface area contributed by atoms with E-state index in [0.29, 0.717) is 32.5 Å². The number of carboxylic acid groups (broad SMARTS) is 1. The Morgan fingerprint density at radius 3 is 2.48 bits per heavy atom. The average Bonchev–Trinajstić information content (AvgIpc) is 3.11. The van der Waals surface area contributed by atoms with Gasteiger partial charge in [-0.25, -0.2) is 9.59 Å². The monoisotopic (exact) mass is 347 g/mol. The number of piperazine rings is 1. The molecule has 0 radical (unpaired) electrons. The molecular formula is C18H25N3O4. The van der Waals surface area contributed by atoms with Crippen molar-refractivity contribution in [3.8, 4) is 0 Å². The van der Waals surface area contributed by atoms with Crippen LogP contribution in [-0.4, -0.2) is 71.8 Å². The fraction of sp³-hybridized carbons (Fsp3) is 0.556. The SMILES string of the molecule is O=C(O)C1CCC(CNC(=O)N2CCN(Cc3ccccc3)CC2)O1. The van der Waals surface area contributed by atoms with Gasteiger partial charge in [-0.3, -0.25) is 4.90 Å². The molecule has 0 aromatic heterocycles. The van der Waals surface area contributed by atoms with Crippen LogP contribution in [0.1, 0.15) is 18.4 Å². The first-order chi connectivity index (χ1) is 12.1. The van der Waals surface area contributed by atoms with Gasteiger partial charge in [0.2, 0.25) is 0 Å². The molecule has 1 aromatic carbocycles. The minimum Gasteiger partial charge on any atom is -0.479 e. The number of carbonyl (C=O) groups is 2. The molecular weight excluding hydrogens is 322 g/mol. The van der Waals surface area contributed by atoms with Gasteiger partial charge in [0, 0.05) is 39.3 Å². The standard InChI is InChI=1S/C18H25N3O4/c22-17(23)16-7-6-15(25-16)12-19-18(24)21-10-8-20(9-11-21)13-14-4-2-1-3-5-14/h1-5,15-16H,6-13H2,(H,19,24)(H,22,23). The van der Waals surface area contributed by atoms with Gasteiger partial charge < -0.3 is 20.1 Å². The second-order valence-corrected chi connectivity index (χ2v) is 6.60. The molecule has 0 spiro atoms. The Labute approximate surface area is 147 Å². The summed E-state index contributed by atoms with van der Waals surface area (Å²) >= 11 is 0. The zero-order chi connectivity index (χ0) is 17.6. The maximum absolute atomic E-state index is 12.3. The fourth-order valence-electron chi connectivity index (χ4n) is 3.30. The highest BCUT2D eigenvalue weighted by Crippen LogP contribution is 2.19. The van der Waals surface area contributed by atoms with Crippen molar-refractivity contribution in [1.82, 2.24) is 15.1 Å². The number of amides is 2. The molecule has 0 bridgehead atoms. The van der Waals surface area contributed by atoms with Crippen molar-refractivity contribution in [1.29, 1.82) is 0 Å². The Balaban J connectivity index is 1.36. The molecule has 2 aliphatic rings. The van der Waals surface area contributed by atoms with Crippen molar-refractivity contribution in [2.24, 2.45) is 0 Å². The van der Waals surface area contributed by atoms with Crippen molar-refractivity contribution in [3.05, 3.63) is 35.9 Å². The minimum absolute atomic E-state index is 0.0956. The summed E-state index contributed by atoms with van der Waals surface area (Å²) in [6.07, 6.45) is 0.240. The van der Waals surface area contributed by atoms with Crippen LogP contribution < -0.4 is 5.32 Å². The molecule has 2 fully saturated rings. The van der Waals surface area contributed by atoms with E-state index < -0.39 is 12.1 Å². The molecule has 1 aromatic rings. The van der Waals surface area contributed by atoms with Crippen LogP contribution in [0.5, 0.6) is 0 Å². The van der Waals surface area contributed by atoms with Gasteiger partial charge in [0.1, 0.15) is 0 Å². The van der Waals surface area contributed by atoms with E-state index >= 15 is 0 Å². The lowest BCUT2D eigenvalue weighted by Gasteiger charge is -2.34. The number of urea groups is 1. The van der Waals surface area contributed by atoms with Gasteiger partial charge in [-0.2, -0.15) is 0 Å². The summed E-state index contributed by atoms with van der Waals surface area (Å²) in [7, 11) is 0. The molecule has 3 rings (SSSR count). The fourth-order valence-corrected chi connectivity index (χ4v) is 3.30. The van der Waals surface area contributed by atoms with Crippen LogP contribution in [0, 0.1) is 0 Å². The van der Waals surface area contributed by atoms with Gasteiger partial charge in [-0.15, -0.1) is 0 Å². The quantitative estimate of drug-likeness (QED) is 0.835. The number of carbonyl (C=O) groups excluding carboxylic acids is 1. The Hall–Kier alpha value is -2.12. The van der Waals surface area contributed by atoms with E-state index in [1.807, 2.05) is 23.1 Å². The lowest BCUT2D eigenvalue weighted by Crippen LogP contribution is -2.52. The zero-order valence-corrected chi connectivity index (χ0v) is 14.3. The normalized spacial score (nSPS) is 24.2. The molecule has 0 saturated carbocycles. The van der Waals surface area contributed by atoms with Crippen molar-refractivity contribution >= 4 is 12.0 Å². The Morgan fingerprint density at radius 1 is 1.12 bits per heavy atom. The predicted molar refractivity (Wildman–Crippen MR) is 92.2 cm³/mol. The minimum atomic E-state index is -0.927. The van der Waals surface area contributed by atoms with Crippen LogP contribution >= 0.6 is 0 Å². The van der Waals surface area contributed by atoms with Gasteiger partial charge in [0.25, 0.3) is 0 Å². The summed E-state index contributed by atoms with van der Waals surface area (Å²) in [5, 5.41) is 11.8. The maximum atomic E-state index is 12.3. The molecule has 2 amide bonds. The molecule has 2 N–H and O–H groups in total. The van der Waals surface area contributed by atoms with Crippen LogP contribution in [0.15, 0.2) is 30.3 Å². The van der Waals surface area contributed by atoms with Crippen LogP contribution in [0.25, 0.3) is 0 Å². The smallest absolute Gasteiger partial charge is 0.332 e. The number of carboxylic acids is 1. The number of rotatable bonds is 5. The van der Waals surface area contributed by atoms with E-state index in [9.17, 15) is 9.59 Å². The van der Waals surface area contributed by atoms with E-state index in [0.717, 1.165) is 19.6 Å². The first kappa shape index (κ1) is 17.7. The zero-order valence-electron chi connectivity index (χ0n) is 14.3. The first-order valence-electron chi connectivity index (χ1n) is 8.79. The molecule has 7 nitrogen and oxygen atoms in total. The first-order valence-corrected chi connectivity index (χ1v) is 8.79. The maximum Gasteiger partial charge on any atom is 0.332 e. The van der Waals surface area contributed by atoms with Crippen molar-refractivity contribution < 1.29 is 19.4 Å². The van der Waals surface area contributed by atoms with Crippen LogP contribution in [0.2, 0.25) is 0 Å². The molecule has 2 heterocycles. The summed E-state index contributed by atoms with van der Waals surface area (Å²) in [6, 6.07) is 10.2. The Kier molecular flexibility index (Phi) is 5.88. The summed E-state index contributed by atoms with van der Waals surface area (Å²) in [4.78, 5) is 27.3. The van der Waals surface area contributed by atoms with E-state index in [1.54, 1.807) is 0 Å². The predicted octanol–water partition coefficient (Wildman–Crippen LogP) is 1.15. The van der Waals surface area contributed by atoms with Crippen LogP contribution in [0.3, 0.4) is 0 Å². The number of aliphatic carboxylic acids is 1. The number of ether oxygens (including phenoxy) is 1. The number of nitrogens with zero attached hydrogens (tertiary/aromatic N) is 2. The molecule has 2 saturated heterocycles. The topological polar surface area (TPSA) is 82.1 Å². The van der Waals surface area contributed by atoms with Gasteiger partial charge >= 0.3 is 12.0 Å². The van der Waals surface area contributed by atoms with Crippen molar-refractivity contribution in [3.63, 3.8) is 0 Å². The van der Waals surface area contributed by atoms with E-state index in [1.165, 1.54) is 5.56 Å². The highest BCUT2D eigenvalue weighted by molar-refractivity contribution is 5.74. The molecule has 25 heavy (non-hydrogen) atoms. The lowest BCUT2D eigenvalue weighted by atomic mass is 10.2. The molecule has 7 heteroatoms. The number of nitrogens with one attached hydrogen (secondary N) is 1. The van der Waals surface area contributed by atoms with E-state index in [4.69, 9.17) is 9.84 Å². The van der Waals surface area contributed by atoms with Gasteiger partial charge in [-0.1, -0.05) is 30.3 Å². The summed E-state index contributed by atoms with van der Waals surface area (Å²) < 4.78 is 5.40. The Bertz CT molecular complexity index is 587. The highest BCUT2D eigenvalue weighted by atomic mass is 16.5. The molecule has 2 aliphatic heterocycles. The third-order valence-corrected chi connectivity index (χ3v) is 4.77. The van der Waals surface area contributed by atoms with Gasteiger partial charge in [-0.05, 0) is 18.4 Å².